The number of hydrogen-bond acceptors (Lipinski definition) is 7. The van der Waals surface area contributed by atoms with Gasteiger partial charge in [0, 0.05) is 26.2 Å². The second-order valence-electron chi connectivity index (χ2n) is 6.31. The van der Waals surface area contributed by atoms with Crippen LogP contribution in [0.4, 0.5) is 0 Å². The third kappa shape index (κ3) is 3.43. The van der Waals surface area contributed by atoms with Crippen molar-refractivity contribution in [2.24, 2.45) is 0 Å². The van der Waals surface area contributed by atoms with Crippen molar-refractivity contribution in [3.63, 3.8) is 0 Å². The highest BCUT2D eigenvalue weighted by Gasteiger charge is 2.33. The van der Waals surface area contributed by atoms with Gasteiger partial charge in [-0.1, -0.05) is 6.07 Å². The molecular formula is C17H19N5O5. The number of H-pyrrole nitrogens is 1. The Bertz CT molecular complexity index is 832. The van der Waals surface area contributed by atoms with Crippen LogP contribution in [0.3, 0.4) is 0 Å². The molecule has 1 atom stereocenters. The third-order valence-electron chi connectivity index (χ3n) is 4.70. The number of piperazine rings is 1. The van der Waals surface area contributed by atoms with Gasteiger partial charge in [-0.15, -0.1) is 0 Å². The summed E-state index contributed by atoms with van der Waals surface area (Å²) >= 11 is 0. The first kappa shape index (κ1) is 17.3. The van der Waals surface area contributed by atoms with E-state index in [1.807, 2.05) is 4.90 Å². The lowest BCUT2D eigenvalue weighted by molar-refractivity contribution is -0.144. The molecule has 27 heavy (non-hydrogen) atoms. The topological polar surface area (TPSA) is 121 Å². The molecule has 1 aromatic carbocycles. The fourth-order valence-electron chi connectivity index (χ4n) is 3.38. The summed E-state index contributed by atoms with van der Waals surface area (Å²) in [4.78, 5) is 31.6. The van der Waals surface area contributed by atoms with Crippen LogP contribution in [-0.2, 0) is 4.79 Å². The van der Waals surface area contributed by atoms with Crippen molar-refractivity contribution in [2.45, 2.75) is 6.04 Å². The van der Waals surface area contributed by atoms with E-state index in [1.165, 1.54) is 6.33 Å². The largest absolute Gasteiger partial charge is 0.486 e. The van der Waals surface area contributed by atoms with Crippen molar-refractivity contribution >= 4 is 11.9 Å². The Labute approximate surface area is 154 Å². The van der Waals surface area contributed by atoms with Crippen LogP contribution < -0.4 is 9.47 Å². The van der Waals surface area contributed by atoms with Gasteiger partial charge in [0.15, 0.2) is 11.5 Å². The number of nitrogens with one attached hydrogen (secondary N) is 1. The summed E-state index contributed by atoms with van der Waals surface area (Å²) in [6.45, 7) is 2.62. The van der Waals surface area contributed by atoms with Crippen LogP contribution in [0.25, 0.3) is 0 Å². The van der Waals surface area contributed by atoms with E-state index in [-0.39, 0.29) is 11.7 Å². The Kier molecular flexibility index (Phi) is 4.63. The van der Waals surface area contributed by atoms with E-state index in [0.717, 1.165) is 0 Å². The predicted molar refractivity (Wildman–Crippen MR) is 91.7 cm³/mol. The number of carboxylic acid groups (broad SMARTS) is 1. The Morgan fingerprint density at radius 1 is 1.11 bits per heavy atom. The molecule has 2 aliphatic rings. The molecule has 3 heterocycles. The lowest BCUT2D eigenvalue weighted by Crippen LogP contribution is -2.51. The maximum Gasteiger partial charge on any atom is 0.325 e. The molecule has 2 aromatic rings. The summed E-state index contributed by atoms with van der Waals surface area (Å²) in [6, 6.07) is 4.39. The first-order chi connectivity index (χ1) is 13.1. The van der Waals surface area contributed by atoms with Gasteiger partial charge in [-0.05, 0) is 17.7 Å². The number of aliphatic carboxylic acids is 1. The second kappa shape index (κ2) is 7.23. The van der Waals surface area contributed by atoms with Gasteiger partial charge in [0.2, 0.25) is 5.82 Å². The van der Waals surface area contributed by atoms with Gasteiger partial charge in [0.05, 0.1) is 0 Å². The van der Waals surface area contributed by atoms with Crippen LogP contribution in [0.5, 0.6) is 11.5 Å². The Hall–Kier alpha value is -3.14. The Morgan fingerprint density at radius 2 is 1.85 bits per heavy atom. The average Bonchev–Trinajstić information content (AvgIpc) is 3.22. The fraction of sp³-hybridized carbons (Fsp3) is 0.412. The van der Waals surface area contributed by atoms with E-state index < -0.39 is 12.0 Å². The van der Waals surface area contributed by atoms with Gasteiger partial charge in [-0.25, -0.2) is 4.98 Å². The van der Waals surface area contributed by atoms with E-state index in [9.17, 15) is 14.7 Å². The first-order valence-corrected chi connectivity index (χ1v) is 8.64. The normalized spacial score (nSPS) is 18.1. The molecule has 0 radical (unpaired) electrons. The molecule has 1 amide bonds. The number of hydrogen-bond donors (Lipinski definition) is 2. The Morgan fingerprint density at radius 3 is 2.52 bits per heavy atom. The third-order valence-corrected chi connectivity index (χ3v) is 4.70. The molecule has 1 aromatic heterocycles. The molecule has 4 rings (SSSR count). The molecule has 10 heteroatoms. The maximum atomic E-state index is 12.3. The number of aromatic amines is 1. The molecule has 1 saturated heterocycles. The molecule has 1 unspecified atom stereocenters. The van der Waals surface area contributed by atoms with Crippen molar-refractivity contribution in [3.05, 3.63) is 35.9 Å². The minimum atomic E-state index is -0.943. The number of rotatable bonds is 4. The zero-order valence-electron chi connectivity index (χ0n) is 14.5. The van der Waals surface area contributed by atoms with Crippen LogP contribution in [0, 0.1) is 0 Å². The summed E-state index contributed by atoms with van der Waals surface area (Å²) in [5.74, 6) is 0.186. The summed E-state index contributed by atoms with van der Waals surface area (Å²) in [7, 11) is 0. The number of carbonyl (C=O) groups is 2. The van der Waals surface area contributed by atoms with Crippen LogP contribution in [0.1, 0.15) is 22.2 Å². The van der Waals surface area contributed by atoms with Gasteiger partial charge in [-0.2, -0.15) is 5.10 Å². The van der Waals surface area contributed by atoms with Crippen LogP contribution in [-0.4, -0.2) is 81.4 Å². The highest BCUT2D eigenvalue weighted by molar-refractivity contribution is 5.90. The zero-order valence-corrected chi connectivity index (χ0v) is 14.5. The van der Waals surface area contributed by atoms with E-state index in [0.29, 0.717) is 56.5 Å². The molecule has 2 aliphatic heterocycles. The van der Waals surface area contributed by atoms with Gasteiger partial charge >= 0.3 is 5.97 Å². The van der Waals surface area contributed by atoms with Crippen molar-refractivity contribution in [1.82, 2.24) is 25.0 Å². The second-order valence-corrected chi connectivity index (χ2v) is 6.31. The number of carboxylic acids is 1. The van der Waals surface area contributed by atoms with Crippen molar-refractivity contribution < 1.29 is 24.2 Å². The van der Waals surface area contributed by atoms with Crippen LogP contribution in [0.2, 0.25) is 0 Å². The summed E-state index contributed by atoms with van der Waals surface area (Å²) in [5.41, 5.74) is 0.627. The van der Waals surface area contributed by atoms with Crippen molar-refractivity contribution in [3.8, 4) is 11.5 Å². The van der Waals surface area contributed by atoms with E-state index >= 15 is 0 Å². The number of carbonyl (C=O) groups excluding carboxylic acids is 1. The lowest BCUT2D eigenvalue weighted by Gasteiger charge is -2.37. The summed E-state index contributed by atoms with van der Waals surface area (Å²) < 4.78 is 11.1. The zero-order chi connectivity index (χ0) is 18.8. The molecule has 0 aliphatic carbocycles. The molecule has 142 valence electrons. The van der Waals surface area contributed by atoms with E-state index in [1.54, 1.807) is 23.1 Å². The van der Waals surface area contributed by atoms with Crippen LogP contribution >= 0.6 is 0 Å². The number of amides is 1. The number of fused-ring (bicyclic) bond motifs is 1. The predicted octanol–water partition coefficient (Wildman–Crippen LogP) is 0.160. The molecule has 0 bridgehead atoms. The van der Waals surface area contributed by atoms with E-state index in [2.05, 4.69) is 15.2 Å². The molecule has 1 fully saturated rings. The minimum Gasteiger partial charge on any atom is -0.486 e. The molecule has 2 N–H and O–H groups in total. The van der Waals surface area contributed by atoms with Gasteiger partial charge < -0.3 is 19.5 Å². The fourth-order valence-corrected chi connectivity index (χ4v) is 3.38. The number of ether oxygens (including phenoxy) is 2. The summed E-state index contributed by atoms with van der Waals surface area (Å²) in [5, 5.41) is 16.0. The van der Waals surface area contributed by atoms with Gasteiger partial charge in [-0.3, -0.25) is 19.6 Å². The molecule has 0 spiro atoms. The van der Waals surface area contributed by atoms with Crippen molar-refractivity contribution in [1.29, 1.82) is 0 Å². The van der Waals surface area contributed by atoms with Crippen LogP contribution in [0.15, 0.2) is 24.5 Å². The molecule has 0 saturated carbocycles. The smallest absolute Gasteiger partial charge is 0.325 e. The first-order valence-electron chi connectivity index (χ1n) is 8.64. The average molecular weight is 373 g/mol. The molecule has 10 nitrogen and oxygen atoms in total. The number of benzene rings is 1. The van der Waals surface area contributed by atoms with E-state index in [4.69, 9.17) is 9.47 Å². The Balaban J connectivity index is 1.48. The summed E-state index contributed by atoms with van der Waals surface area (Å²) in [6.07, 6.45) is 1.28. The van der Waals surface area contributed by atoms with Gasteiger partial charge in [0.1, 0.15) is 25.6 Å². The highest BCUT2D eigenvalue weighted by atomic mass is 16.6. The quantitative estimate of drug-likeness (QED) is 0.777. The minimum absolute atomic E-state index is 0.185. The van der Waals surface area contributed by atoms with Gasteiger partial charge in [0.25, 0.3) is 5.91 Å². The SMILES string of the molecule is O=C(O)C(c1ccc2c(c1)OCCO2)N1CCN(C(=O)c2ncn[nH]2)CC1. The monoisotopic (exact) mass is 373 g/mol. The molecular weight excluding hydrogens is 354 g/mol. The highest BCUT2D eigenvalue weighted by Crippen LogP contribution is 2.34. The maximum absolute atomic E-state index is 12.3. The number of nitrogens with zero attached hydrogens (tertiary/aromatic N) is 4. The lowest BCUT2D eigenvalue weighted by atomic mass is 10.0. The van der Waals surface area contributed by atoms with Crippen molar-refractivity contribution in [2.75, 3.05) is 39.4 Å². The standard InChI is InChI=1S/C17H19N5O5/c23-16(15-18-10-19-20-15)22-5-3-21(4-6-22)14(17(24)25)11-1-2-12-13(9-11)27-8-7-26-12/h1-2,9-10,14H,3-8H2,(H,24,25)(H,18,19,20). The number of aromatic nitrogens is 3.